The van der Waals surface area contributed by atoms with Crippen LogP contribution >= 0.6 is 0 Å². The fraction of sp³-hybridized carbons (Fsp3) is 0.158. The van der Waals surface area contributed by atoms with Crippen molar-refractivity contribution in [3.8, 4) is 6.07 Å². The van der Waals surface area contributed by atoms with E-state index >= 15 is 0 Å². The quantitative estimate of drug-likeness (QED) is 0.695. The summed E-state index contributed by atoms with van der Waals surface area (Å²) in [6.07, 6.45) is 7.42. The molecule has 0 aliphatic carbocycles. The molecular formula is C19H17N5. The van der Waals surface area contributed by atoms with Crippen molar-refractivity contribution in [2.24, 2.45) is 4.99 Å². The second kappa shape index (κ2) is 6.47. The molecule has 0 fully saturated rings. The van der Waals surface area contributed by atoms with Crippen LogP contribution in [0.3, 0.4) is 0 Å². The van der Waals surface area contributed by atoms with Crippen molar-refractivity contribution >= 4 is 16.9 Å². The standard InChI is InChI=1S/C19H17N5/c1-4-15(17-12-23-24-9-5-8-22-19(17)24)18(21-3)16-10-14(11-20)7-6-13(16)2/h4-10,12H,1-3H3/b15-4-,21-18?. The van der Waals surface area contributed by atoms with Crippen LogP contribution in [0.1, 0.15) is 29.2 Å². The largest absolute Gasteiger partial charge is 0.287 e. The van der Waals surface area contributed by atoms with E-state index in [-0.39, 0.29) is 0 Å². The third-order valence-electron chi connectivity index (χ3n) is 3.96. The van der Waals surface area contributed by atoms with E-state index in [4.69, 9.17) is 0 Å². The summed E-state index contributed by atoms with van der Waals surface area (Å²) in [5, 5.41) is 13.6. The summed E-state index contributed by atoms with van der Waals surface area (Å²) in [4.78, 5) is 8.93. The van der Waals surface area contributed by atoms with E-state index < -0.39 is 0 Å². The third kappa shape index (κ3) is 2.59. The zero-order chi connectivity index (χ0) is 17.1. The topological polar surface area (TPSA) is 66.3 Å². The monoisotopic (exact) mass is 315 g/mol. The first-order valence-corrected chi connectivity index (χ1v) is 7.63. The number of nitrogens with zero attached hydrogens (tertiary/aromatic N) is 5. The van der Waals surface area contributed by atoms with Crippen molar-refractivity contribution in [1.82, 2.24) is 14.6 Å². The Hall–Kier alpha value is -3.26. The molecule has 1 aromatic carbocycles. The molecule has 3 aromatic rings. The molecule has 0 radical (unpaired) electrons. The van der Waals surface area contributed by atoms with Gasteiger partial charge < -0.3 is 0 Å². The Labute approximate surface area is 140 Å². The predicted molar refractivity (Wildman–Crippen MR) is 95.0 cm³/mol. The molecule has 0 N–H and O–H groups in total. The summed E-state index contributed by atoms with van der Waals surface area (Å²) in [5.74, 6) is 0. The van der Waals surface area contributed by atoms with Crippen LogP contribution < -0.4 is 0 Å². The molecule has 118 valence electrons. The first kappa shape index (κ1) is 15.6. The van der Waals surface area contributed by atoms with Gasteiger partial charge in [0.15, 0.2) is 5.65 Å². The highest BCUT2D eigenvalue weighted by Gasteiger charge is 2.18. The molecule has 0 aliphatic rings. The van der Waals surface area contributed by atoms with Gasteiger partial charge in [0, 0.05) is 36.1 Å². The van der Waals surface area contributed by atoms with Gasteiger partial charge in [-0.05, 0) is 37.6 Å². The third-order valence-corrected chi connectivity index (χ3v) is 3.96. The van der Waals surface area contributed by atoms with Gasteiger partial charge in [0.05, 0.1) is 23.5 Å². The van der Waals surface area contributed by atoms with Gasteiger partial charge >= 0.3 is 0 Å². The van der Waals surface area contributed by atoms with Gasteiger partial charge in [-0.3, -0.25) is 4.99 Å². The average molecular weight is 315 g/mol. The molecule has 24 heavy (non-hydrogen) atoms. The molecule has 5 nitrogen and oxygen atoms in total. The van der Waals surface area contributed by atoms with Crippen LogP contribution in [0.25, 0.3) is 11.2 Å². The highest BCUT2D eigenvalue weighted by molar-refractivity contribution is 6.33. The Morgan fingerprint density at radius 2 is 2.17 bits per heavy atom. The lowest BCUT2D eigenvalue weighted by molar-refractivity contribution is 0.939. The summed E-state index contributed by atoms with van der Waals surface area (Å²) in [6, 6.07) is 9.67. The number of nitriles is 1. The van der Waals surface area contributed by atoms with Gasteiger partial charge in [0.1, 0.15) is 0 Å². The van der Waals surface area contributed by atoms with Gasteiger partial charge in [-0.15, -0.1) is 0 Å². The van der Waals surface area contributed by atoms with E-state index in [9.17, 15) is 5.26 Å². The molecule has 0 unspecified atom stereocenters. The number of rotatable bonds is 3. The minimum Gasteiger partial charge on any atom is -0.287 e. The van der Waals surface area contributed by atoms with Crippen LogP contribution in [0.2, 0.25) is 0 Å². The zero-order valence-corrected chi connectivity index (χ0v) is 13.9. The number of hydrogen-bond acceptors (Lipinski definition) is 4. The maximum Gasteiger partial charge on any atom is 0.162 e. The Kier molecular flexibility index (Phi) is 4.21. The smallest absolute Gasteiger partial charge is 0.162 e. The highest BCUT2D eigenvalue weighted by Crippen LogP contribution is 2.25. The van der Waals surface area contributed by atoms with E-state index in [1.54, 1.807) is 24.0 Å². The fourth-order valence-corrected chi connectivity index (χ4v) is 2.77. The molecule has 0 saturated carbocycles. The van der Waals surface area contributed by atoms with Crippen molar-refractivity contribution in [3.63, 3.8) is 0 Å². The van der Waals surface area contributed by atoms with Crippen LogP contribution in [0, 0.1) is 18.3 Å². The Morgan fingerprint density at radius 1 is 1.33 bits per heavy atom. The maximum absolute atomic E-state index is 9.20. The van der Waals surface area contributed by atoms with Crippen molar-refractivity contribution < 1.29 is 0 Å². The first-order chi connectivity index (χ1) is 11.7. The fourth-order valence-electron chi connectivity index (χ4n) is 2.77. The Bertz CT molecular complexity index is 1000. The SMILES string of the molecule is C/C=C(\C(=NC)c1cc(C#N)ccc1C)c1cnn2cccnc12. The number of benzene rings is 1. The lowest BCUT2D eigenvalue weighted by Crippen LogP contribution is -2.07. The van der Waals surface area contributed by atoms with Gasteiger partial charge in [-0.25, -0.2) is 9.50 Å². The molecule has 0 amide bonds. The van der Waals surface area contributed by atoms with Crippen LogP contribution in [0.15, 0.2) is 53.9 Å². The van der Waals surface area contributed by atoms with Crippen LogP contribution in [0.4, 0.5) is 0 Å². The predicted octanol–water partition coefficient (Wildman–Crippen LogP) is 3.43. The number of aromatic nitrogens is 3. The molecule has 2 aromatic heterocycles. The van der Waals surface area contributed by atoms with Crippen LogP contribution in [0.5, 0.6) is 0 Å². The molecular weight excluding hydrogens is 298 g/mol. The molecule has 0 bridgehead atoms. The first-order valence-electron chi connectivity index (χ1n) is 7.63. The second-order valence-electron chi connectivity index (χ2n) is 5.36. The average Bonchev–Trinajstić information content (AvgIpc) is 3.04. The van der Waals surface area contributed by atoms with E-state index in [1.165, 1.54) is 0 Å². The van der Waals surface area contributed by atoms with Crippen molar-refractivity contribution in [1.29, 1.82) is 5.26 Å². The maximum atomic E-state index is 9.20. The van der Waals surface area contributed by atoms with Crippen LogP contribution in [-0.2, 0) is 0 Å². The Balaban J connectivity index is 2.19. The van der Waals surface area contributed by atoms with E-state index in [0.29, 0.717) is 5.56 Å². The van der Waals surface area contributed by atoms with Gasteiger partial charge in [0.2, 0.25) is 0 Å². The number of aliphatic imine (C=N–C) groups is 1. The lowest BCUT2D eigenvalue weighted by atomic mass is 9.93. The molecule has 0 aliphatic heterocycles. The van der Waals surface area contributed by atoms with E-state index in [0.717, 1.165) is 33.6 Å². The number of allylic oxidation sites excluding steroid dienone is 2. The second-order valence-corrected chi connectivity index (χ2v) is 5.36. The summed E-state index contributed by atoms with van der Waals surface area (Å²) in [7, 11) is 1.76. The highest BCUT2D eigenvalue weighted by atomic mass is 15.2. The van der Waals surface area contributed by atoms with Gasteiger partial charge in [-0.1, -0.05) is 12.1 Å². The summed E-state index contributed by atoms with van der Waals surface area (Å²) in [6.45, 7) is 3.99. The normalized spacial score (nSPS) is 12.4. The van der Waals surface area contributed by atoms with Crippen molar-refractivity contribution in [2.75, 3.05) is 7.05 Å². The van der Waals surface area contributed by atoms with Crippen molar-refractivity contribution in [2.45, 2.75) is 13.8 Å². The molecule has 0 saturated heterocycles. The minimum atomic E-state index is 0.616. The molecule has 0 atom stereocenters. The van der Waals surface area contributed by atoms with Crippen molar-refractivity contribution in [3.05, 3.63) is 71.2 Å². The summed E-state index contributed by atoms with van der Waals surface area (Å²) < 4.78 is 1.74. The molecule has 0 spiro atoms. The number of hydrogen-bond donors (Lipinski definition) is 0. The number of aryl methyl sites for hydroxylation is 1. The summed E-state index contributed by atoms with van der Waals surface area (Å²) in [5.41, 5.74) is 6.10. The van der Waals surface area contributed by atoms with E-state index in [2.05, 4.69) is 21.1 Å². The van der Waals surface area contributed by atoms with Gasteiger partial charge in [0.25, 0.3) is 0 Å². The lowest BCUT2D eigenvalue weighted by Gasteiger charge is -2.12. The number of fused-ring (bicyclic) bond motifs is 1. The van der Waals surface area contributed by atoms with E-state index in [1.807, 2.05) is 50.4 Å². The zero-order valence-electron chi connectivity index (χ0n) is 13.9. The Morgan fingerprint density at radius 3 is 2.88 bits per heavy atom. The summed E-state index contributed by atoms with van der Waals surface area (Å²) >= 11 is 0. The van der Waals surface area contributed by atoms with Crippen LogP contribution in [-0.4, -0.2) is 27.4 Å². The van der Waals surface area contributed by atoms with Gasteiger partial charge in [-0.2, -0.15) is 10.4 Å². The minimum absolute atomic E-state index is 0.616. The molecule has 5 heteroatoms. The molecule has 3 rings (SSSR count). The molecule has 2 heterocycles.